The fraction of sp³-hybridized carbons (Fsp3) is 0.500. The van der Waals surface area contributed by atoms with Crippen LogP contribution in [0.5, 0.6) is 0 Å². The number of carbonyl (C=O) groups excluding carboxylic acids is 1. The predicted octanol–water partition coefficient (Wildman–Crippen LogP) is 1.80. The number of ether oxygens (including phenoxy) is 1. The Morgan fingerprint density at radius 3 is 2.47 bits per heavy atom. The van der Waals surface area contributed by atoms with Crippen LogP contribution in [0.4, 0.5) is 0 Å². The van der Waals surface area contributed by atoms with Crippen molar-refractivity contribution in [1.29, 1.82) is 0 Å². The van der Waals surface area contributed by atoms with Gasteiger partial charge in [0.05, 0.1) is 11.8 Å². The summed E-state index contributed by atoms with van der Waals surface area (Å²) in [5.74, 6) is -2.74. The van der Waals surface area contributed by atoms with Crippen molar-refractivity contribution < 1.29 is 19.4 Å². The zero-order chi connectivity index (χ0) is 12.6. The summed E-state index contributed by atoms with van der Waals surface area (Å²) in [7, 11) is 0. The first-order chi connectivity index (χ1) is 8.00. The van der Waals surface area contributed by atoms with E-state index >= 15 is 0 Å². The number of hydrogen-bond acceptors (Lipinski definition) is 3. The third kappa shape index (κ3) is 2.22. The minimum atomic E-state index is -0.937. The van der Waals surface area contributed by atoms with Crippen LogP contribution in [0.1, 0.15) is 6.42 Å². The maximum atomic E-state index is 11.8. The Hall–Kier alpha value is -1.29. The third-order valence-corrected chi connectivity index (χ3v) is 3.50. The van der Waals surface area contributed by atoms with E-state index in [2.05, 4.69) is 6.58 Å². The first kappa shape index (κ1) is 12.2. The summed E-state index contributed by atoms with van der Waals surface area (Å²) < 4.78 is 4.95. The van der Waals surface area contributed by atoms with E-state index in [1.807, 2.05) is 12.2 Å². The van der Waals surface area contributed by atoms with E-state index in [1.165, 1.54) is 0 Å². The van der Waals surface area contributed by atoms with Crippen molar-refractivity contribution in [3.8, 4) is 0 Å². The zero-order valence-corrected chi connectivity index (χ0v) is 9.89. The van der Waals surface area contributed by atoms with Gasteiger partial charge in [0.25, 0.3) is 0 Å². The van der Waals surface area contributed by atoms with Gasteiger partial charge in [0.1, 0.15) is 6.61 Å². The monoisotopic (exact) mass is 256 g/mol. The number of hydrogen-bond donors (Lipinski definition) is 1. The Labute approximate surface area is 104 Å². The minimum Gasteiger partial charge on any atom is -0.481 e. The molecule has 5 heteroatoms. The van der Waals surface area contributed by atoms with E-state index in [9.17, 15) is 9.59 Å². The minimum absolute atomic E-state index is 0.0165. The van der Waals surface area contributed by atoms with Gasteiger partial charge in [-0.15, -0.1) is 0 Å². The maximum Gasteiger partial charge on any atom is 0.310 e. The Morgan fingerprint density at radius 1 is 1.35 bits per heavy atom. The second kappa shape index (κ2) is 4.53. The van der Waals surface area contributed by atoms with E-state index in [0.717, 1.165) is 6.42 Å². The summed E-state index contributed by atoms with van der Waals surface area (Å²) in [5.41, 5.74) is 0. The molecule has 1 saturated carbocycles. The lowest BCUT2D eigenvalue weighted by Crippen LogP contribution is -2.34. The average molecular weight is 257 g/mol. The molecule has 0 radical (unpaired) electrons. The number of halogens is 1. The van der Waals surface area contributed by atoms with E-state index in [1.54, 1.807) is 0 Å². The van der Waals surface area contributed by atoms with Gasteiger partial charge in [-0.05, 0) is 18.3 Å². The van der Waals surface area contributed by atoms with Crippen molar-refractivity contribution >= 4 is 23.5 Å². The third-order valence-electron chi connectivity index (χ3n) is 3.39. The normalized spacial score (nSPS) is 33.7. The highest BCUT2D eigenvalue weighted by Crippen LogP contribution is 2.48. The average Bonchev–Trinajstić information content (AvgIpc) is 2.84. The molecule has 2 aliphatic rings. The van der Waals surface area contributed by atoms with Crippen LogP contribution in [-0.4, -0.2) is 23.7 Å². The van der Waals surface area contributed by atoms with Crippen molar-refractivity contribution in [2.45, 2.75) is 6.42 Å². The van der Waals surface area contributed by atoms with Gasteiger partial charge in [-0.2, -0.15) is 0 Å². The molecule has 0 amide bonds. The summed E-state index contributed by atoms with van der Waals surface area (Å²) in [6, 6.07) is 0. The molecule has 17 heavy (non-hydrogen) atoms. The van der Waals surface area contributed by atoms with Gasteiger partial charge < -0.3 is 9.84 Å². The molecule has 1 N–H and O–H groups in total. The molecule has 4 nitrogen and oxygen atoms in total. The van der Waals surface area contributed by atoms with Gasteiger partial charge in [-0.1, -0.05) is 30.3 Å². The Kier molecular flexibility index (Phi) is 3.24. The zero-order valence-electron chi connectivity index (χ0n) is 9.14. The number of carboxylic acids is 1. The lowest BCUT2D eigenvalue weighted by atomic mass is 9.83. The highest BCUT2D eigenvalue weighted by Gasteiger charge is 2.52. The van der Waals surface area contributed by atoms with Crippen molar-refractivity contribution in [2.24, 2.45) is 23.7 Å². The van der Waals surface area contributed by atoms with Gasteiger partial charge in [0.2, 0.25) is 0 Å². The molecule has 0 aliphatic heterocycles. The standard InChI is InChI=1S/C12H13ClO4/c1-6(13)5-17-12(16)10-8-3-2-7(4-8)9(10)11(14)15/h2-3,7-10H,1,4-5H2,(H,14,15)/t7-,8+,9+,10-/m1/s1. The van der Waals surface area contributed by atoms with E-state index in [4.69, 9.17) is 21.4 Å². The molecule has 4 atom stereocenters. The summed E-state index contributed by atoms with van der Waals surface area (Å²) in [6.45, 7) is 3.35. The Morgan fingerprint density at radius 2 is 1.94 bits per heavy atom. The molecule has 2 bridgehead atoms. The van der Waals surface area contributed by atoms with Gasteiger partial charge >= 0.3 is 11.9 Å². The number of carboxylic acid groups (broad SMARTS) is 1. The highest BCUT2D eigenvalue weighted by molar-refractivity contribution is 6.29. The van der Waals surface area contributed by atoms with Crippen LogP contribution in [0.3, 0.4) is 0 Å². The maximum absolute atomic E-state index is 11.8. The lowest BCUT2D eigenvalue weighted by Gasteiger charge is -2.22. The molecule has 0 aromatic heterocycles. The molecule has 0 aromatic carbocycles. The quantitative estimate of drug-likeness (QED) is 0.615. The smallest absolute Gasteiger partial charge is 0.310 e. The molecule has 0 spiro atoms. The Balaban J connectivity index is 2.08. The molecular weight excluding hydrogens is 244 g/mol. The van der Waals surface area contributed by atoms with E-state index in [0.29, 0.717) is 0 Å². The van der Waals surface area contributed by atoms with Crippen LogP contribution in [0.2, 0.25) is 0 Å². The first-order valence-corrected chi connectivity index (χ1v) is 5.79. The number of carbonyl (C=O) groups is 2. The second-order valence-electron chi connectivity index (χ2n) is 4.46. The molecule has 92 valence electrons. The van der Waals surface area contributed by atoms with Crippen LogP contribution < -0.4 is 0 Å². The molecule has 0 unspecified atom stereocenters. The number of esters is 1. The summed E-state index contributed by atoms with van der Waals surface area (Å²) in [6.07, 6.45) is 4.51. The summed E-state index contributed by atoms with van der Waals surface area (Å²) >= 11 is 5.50. The van der Waals surface area contributed by atoms with Crippen LogP contribution in [0.25, 0.3) is 0 Å². The van der Waals surface area contributed by atoms with Crippen LogP contribution >= 0.6 is 11.6 Å². The predicted molar refractivity (Wildman–Crippen MR) is 61.3 cm³/mol. The van der Waals surface area contributed by atoms with Crippen LogP contribution in [0, 0.1) is 23.7 Å². The number of fused-ring (bicyclic) bond motifs is 2. The number of allylic oxidation sites excluding steroid dienone is 2. The number of aliphatic carboxylic acids is 1. The number of rotatable bonds is 4. The second-order valence-corrected chi connectivity index (χ2v) is 5.00. The van der Waals surface area contributed by atoms with Crippen molar-refractivity contribution in [3.63, 3.8) is 0 Å². The molecule has 1 fully saturated rings. The van der Waals surface area contributed by atoms with Crippen LogP contribution in [-0.2, 0) is 14.3 Å². The molecule has 0 heterocycles. The van der Waals surface area contributed by atoms with Crippen molar-refractivity contribution in [2.75, 3.05) is 6.61 Å². The highest BCUT2D eigenvalue weighted by atomic mass is 35.5. The largest absolute Gasteiger partial charge is 0.481 e. The molecule has 0 saturated heterocycles. The van der Waals surface area contributed by atoms with E-state index < -0.39 is 23.8 Å². The molecule has 2 aliphatic carbocycles. The Bertz CT molecular complexity index is 401. The van der Waals surface area contributed by atoms with Gasteiger partial charge in [-0.3, -0.25) is 9.59 Å². The molecule has 2 rings (SSSR count). The van der Waals surface area contributed by atoms with Gasteiger partial charge in [0.15, 0.2) is 0 Å². The summed E-state index contributed by atoms with van der Waals surface area (Å²) in [5, 5.41) is 9.37. The molecular formula is C12H13ClO4. The van der Waals surface area contributed by atoms with Crippen molar-refractivity contribution in [3.05, 3.63) is 23.8 Å². The van der Waals surface area contributed by atoms with E-state index in [-0.39, 0.29) is 23.5 Å². The lowest BCUT2D eigenvalue weighted by molar-refractivity contribution is -0.157. The fourth-order valence-corrected chi connectivity index (χ4v) is 2.78. The van der Waals surface area contributed by atoms with Crippen molar-refractivity contribution in [1.82, 2.24) is 0 Å². The van der Waals surface area contributed by atoms with Gasteiger partial charge in [-0.25, -0.2) is 0 Å². The fourth-order valence-electron chi connectivity index (χ4n) is 2.73. The van der Waals surface area contributed by atoms with Crippen LogP contribution in [0.15, 0.2) is 23.8 Å². The van der Waals surface area contributed by atoms with Gasteiger partial charge in [0, 0.05) is 5.03 Å². The topological polar surface area (TPSA) is 63.6 Å². The molecule has 0 aromatic rings. The SMILES string of the molecule is C=C(Cl)COC(=O)[C@H]1[C@@H](C(=O)O)[C@@H]2C=C[C@H]1C2. The first-order valence-electron chi connectivity index (χ1n) is 5.41. The summed E-state index contributed by atoms with van der Waals surface area (Å²) in [4.78, 5) is 23.0.